The fraction of sp³-hybridized carbons (Fsp3) is 0.409. The average molecular weight is 393 g/mol. The minimum Gasteiger partial charge on any atom is -0.342 e. The molecule has 0 atom stereocenters. The number of rotatable bonds is 2. The molecule has 1 aromatic heterocycles. The van der Waals surface area contributed by atoms with Gasteiger partial charge in [0.05, 0.1) is 12.3 Å². The van der Waals surface area contributed by atoms with Crippen LogP contribution >= 0.6 is 0 Å². The molecule has 3 rings (SSSR count). The van der Waals surface area contributed by atoms with Crippen molar-refractivity contribution in [3.63, 3.8) is 0 Å². The lowest BCUT2D eigenvalue weighted by Crippen LogP contribution is -2.41. The Morgan fingerprint density at radius 2 is 2.03 bits per heavy atom. The van der Waals surface area contributed by atoms with Crippen molar-refractivity contribution in [3.8, 4) is 23.1 Å². The van der Waals surface area contributed by atoms with E-state index in [0.29, 0.717) is 30.3 Å². The molecular formula is C22H24FN5O. The van der Waals surface area contributed by atoms with Gasteiger partial charge in [-0.25, -0.2) is 14.2 Å². The van der Waals surface area contributed by atoms with Crippen molar-refractivity contribution in [1.82, 2.24) is 9.97 Å². The molecule has 0 spiro atoms. The van der Waals surface area contributed by atoms with Gasteiger partial charge in [-0.05, 0) is 39.7 Å². The molecule has 1 aromatic carbocycles. The van der Waals surface area contributed by atoms with Crippen LogP contribution in [0.25, 0.3) is 16.1 Å². The lowest BCUT2D eigenvalue weighted by atomic mass is 9.97. The Labute approximate surface area is 169 Å². The zero-order chi connectivity index (χ0) is 21.2. The zero-order valence-corrected chi connectivity index (χ0v) is 16.8. The zero-order valence-electron chi connectivity index (χ0n) is 16.8. The quantitative estimate of drug-likeness (QED) is 0.605. The first-order valence-corrected chi connectivity index (χ1v) is 9.53. The standard InChI is InChI=1S/C22H24FN5O/c1-22(2,3)10-7-16-19(14-5-6-18(25-4)17(23)13-14)26-21(27-20(16)29)28-11-8-15(24)9-12-28/h5-6,13,15H,8-9,11-12,24H2,1-3H3,(H,26,27,29). The highest BCUT2D eigenvalue weighted by Crippen LogP contribution is 2.27. The van der Waals surface area contributed by atoms with E-state index in [9.17, 15) is 9.18 Å². The van der Waals surface area contributed by atoms with Crippen molar-refractivity contribution in [3.05, 3.63) is 51.4 Å². The third-order valence-electron chi connectivity index (χ3n) is 4.65. The number of nitrogens with one attached hydrogen (secondary N) is 1. The number of piperidine rings is 1. The summed E-state index contributed by atoms with van der Waals surface area (Å²) in [5, 5.41) is 0. The van der Waals surface area contributed by atoms with Crippen LogP contribution in [0.1, 0.15) is 39.2 Å². The summed E-state index contributed by atoms with van der Waals surface area (Å²) in [6.45, 7) is 14.2. The van der Waals surface area contributed by atoms with Gasteiger partial charge >= 0.3 is 0 Å². The summed E-state index contributed by atoms with van der Waals surface area (Å²) in [4.78, 5) is 25.4. The minimum atomic E-state index is -0.653. The van der Waals surface area contributed by atoms with Crippen LogP contribution in [-0.2, 0) is 0 Å². The van der Waals surface area contributed by atoms with Crippen LogP contribution in [0, 0.1) is 29.6 Å². The van der Waals surface area contributed by atoms with E-state index >= 15 is 0 Å². The van der Waals surface area contributed by atoms with E-state index in [1.54, 1.807) is 6.07 Å². The second kappa shape index (κ2) is 8.06. The number of hydrogen-bond acceptors (Lipinski definition) is 4. The number of benzene rings is 1. The van der Waals surface area contributed by atoms with Gasteiger partial charge in [-0.1, -0.05) is 24.0 Å². The largest absolute Gasteiger partial charge is 0.342 e. The number of H-pyrrole nitrogens is 1. The van der Waals surface area contributed by atoms with Gasteiger partial charge < -0.3 is 10.6 Å². The van der Waals surface area contributed by atoms with Crippen molar-refractivity contribution in [2.75, 3.05) is 18.0 Å². The molecule has 0 unspecified atom stereocenters. The van der Waals surface area contributed by atoms with Gasteiger partial charge in [0.25, 0.3) is 5.56 Å². The van der Waals surface area contributed by atoms with Gasteiger partial charge in [0, 0.05) is 30.1 Å². The van der Waals surface area contributed by atoms with Crippen LogP contribution in [0.4, 0.5) is 16.0 Å². The number of hydrogen-bond donors (Lipinski definition) is 2. The number of nitrogens with zero attached hydrogens (tertiary/aromatic N) is 3. The van der Waals surface area contributed by atoms with Crippen molar-refractivity contribution < 1.29 is 4.39 Å². The highest BCUT2D eigenvalue weighted by molar-refractivity contribution is 5.70. The van der Waals surface area contributed by atoms with E-state index in [2.05, 4.69) is 26.7 Å². The molecule has 7 heteroatoms. The maximum atomic E-state index is 14.3. The highest BCUT2D eigenvalue weighted by Gasteiger charge is 2.21. The van der Waals surface area contributed by atoms with Crippen LogP contribution in [-0.4, -0.2) is 29.1 Å². The molecule has 0 aliphatic carbocycles. The Hall–Kier alpha value is -3.16. The Balaban J connectivity index is 2.16. The van der Waals surface area contributed by atoms with Gasteiger partial charge in [0.1, 0.15) is 11.4 Å². The molecule has 1 saturated heterocycles. The average Bonchev–Trinajstić information content (AvgIpc) is 2.66. The molecule has 150 valence electrons. The maximum Gasteiger partial charge on any atom is 0.268 e. The fourth-order valence-electron chi connectivity index (χ4n) is 3.04. The molecule has 2 aromatic rings. The predicted octanol–water partition coefficient (Wildman–Crippen LogP) is 3.45. The summed E-state index contributed by atoms with van der Waals surface area (Å²) in [7, 11) is 0. The summed E-state index contributed by atoms with van der Waals surface area (Å²) in [6, 6.07) is 4.36. The molecule has 3 N–H and O–H groups in total. The monoisotopic (exact) mass is 393 g/mol. The molecule has 0 radical (unpaired) electrons. The molecule has 1 aliphatic rings. The summed E-state index contributed by atoms with van der Waals surface area (Å²) in [5.41, 5.74) is 6.12. The first kappa shape index (κ1) is 20.6. The second-order valence-electron chi connectivity index (χ2n) is 8.22. The molecule has 1 fully saturated rings. The number of halogens is 1. The SMILES string of the molecule is [C-]#[N+]c1ccc(-c2nc(N3CCC(N)CC3)[nH]c(=O)c2C#CC(C)(C)C)cc1F. The Morgan fingerprint density at radius 3 is 2.62 bits per heavy atom. The topological polar surface area (TPSA) is 79.4 Å². The number of nitrogens with two attached hydrogens (primary N) is 1. The van der Waals surface area contributed by atoms with Crippen molar-refractivity contribution in [2.45, 2.75) is 39.7 Å². The van der Waals surface area contributed by atoms with Gasteiger partial charge in [0.2, 0.25) is 11.6 Å². The summed E-state index contributed by atoms with van der Waals surface area (Å²) in [5.74, 6) is 5.75. The van der Waals surface area contributed by atoms with Crippen LogP contribution in [0.3, 0.4) is 0 Å². The normalized spacial score (nSPS) is 14.8. The lowest BCUT2D eigenvalue weighted by molar-refractivity contribution is 0.495. The highest BCUT2D eigenvalue weighted by atomic mass is 19.1. The third kappa shape index (κ3) is 4.82. The van der Waals surface area contributed by atoms with E-state index in [1.807, 2.05) is 25.7 Å². The van der Waals surface area contributed by atoms with E-state index in [1.165, 1.54) is 12.1 Å². The van der Waals surface area contributed by atoms with Crippen LogP contribution in [0.5, 0.6) is 0 Å². The molecule has 1 aliphatic heterocycles. The van der Waals surface area contributed by atoms with Gasteiger partial charge in [-0.3, -0.25) is 9.78 Å². The van der Waals surface area contributed by atoms with Gasteiger partial charge in [0.15, 0.2) is 0 Å². The third-order valence-corrected chi connectivity index (χ3v) is 4.65. The molecule has 6 nitrogen and oxygen atoms in total. The van der Waals surface area contributed by atoms with Gasteiger partial charge in [-0.15, -0.1) is 0 Å². The smallest absolute Gasteiger partial charge is 0.268 e. The summed E-state index contributed by atoms with van der Waals surface area (Å²) >= 11 is 0. The van der Waals surface area contributed by atoms with Crippen molar-refractivity contribution >= 4 is 11.6 Å². The van der Waals surface area contributed by atoms with E-state index in [4.69, 9.17) is 12.3 Å². The van der Waals surface area contributed by atoms with E-state index in [-0.39, 0.29) is 28.3 Å². The molecule has 2 heterocycles. The molecular weight excluding hydrogens is 369 g/mol. The van der Waals surface area contributed by atoms with E-state index < -0.39 is 5.82 Å². The molecule has 29 heavy (non-hydrogen) atoms. The second-order valence-corrected chi connectivity index (χ2v) is 8.22. The van der Waals surface area contributed by atoms with Crippen LogP contribution in [0.15, 0.2) is 23.0 Å². The number of aromatic amines is 1. The first-order valence-electron chi connectivity index (χ1n) is 9.53. The molecule has 0 saturated carbocycles. The van der Waals surface area contributed by atoms with Crippen molar-refractivity contribution in [2.24, 2.45) is 11.1 Å². The first-order chi connectivity index (χ1) is 13.7. The minimum absolute atomic E-state index is 0.0776. The molecule has 0 amide bonds. The Bertz CT molecular complexity index is 1070. The summed E-state index contributed by atoms with van der Waals surface area (Å²) in [6.07, 6.45) is 1.61. The number of aromatic nitrogens is 2. The fourth-order valence-corrected chi connectivity index (χ4v) is 3.04. The summed E-state index contributed by atoms with van der Waals surface area (Å²) < 4.78 is 14.3. The van der Waals surface area contributed by atoms with Crippen LogP contribution < -0.4 is 16.2 Å². The lowest BCUT2D eigenvalue weighted by Gasteiger charge is -2.30. The number of anilines is 1. The Morgan fingerprint density at radius 1 is 1.34 bits per heavy atom. The van der Waals surface area contributed by atoms with Gasteiger partial charge in [-0.2, -0.15) is 0 Å². The van der Waals surface area contributed by atoms with Crippen LogP contribution in [0.2, 0.25) is 0 Å². The van der Waals surface area contributed by atoms with E-state index in [0.717, 1.165) is 12.8 Å². The molecule has 0 bridgehead atoms. The maximum absolute atomic E-state index is 14.3. The Kier molecular flexibility index (Phi) is 5.72. The predicted molar refractivity (Wildman–Crippen MR) is 112 cm³/mol. The van der Waals surface area contributed by atoms with Crippen molar-refractivity contribution in [1.29, 1.82) is 0 Å².